The number of carbonyl (C=O) groups excluding carboxylic acids is 1. The predicted molar refractivity (Wildman–Crippen MR) is 99.9 cm³/mol. The highest BCUT2D eigenvalue weighted by Gasteiger charge is 2.20. The lowest BCUT2D eigenvalue weighted by Gasteiger charge is -2.17. The van der Waals surface area contributed by atoms with Crippen molar-refractivity contribution >= 4 is 5.91 Å². The maximum atomic E-state index is 13.0. The van der Waals surface area contributed by atoms with Gasteiger partial charge in [-0.05, 0) is 19.8 Å². The number of aryl methyl sites for hydroxylation is 1. The lowest BCUT2D eigenvalue weighted by molar-refractivity contribution is -0.122. The van der Waals surface area contributed by atoms with Crippen molar-refractivity contribution in [2.75, 3.05) is 6.61 Å². The fraction of sp³-hybridized carbons (Fsp3) is 0.450. The van der Waals surface area contributed by atoms with E-state index in [4.69, 9.17) is 0 Å². The first kappa shape index (κ1) is 18.3. The van der Waals surface area contributed by atoms with Crippen LogP contribution in [0.5, 0.6) is 0 Å². The van der Waals surface area contributed by atoms with E-state index in [1.165, 1.54) is 4.57 Å². The van der Waals surface area contributed by atoms with Crippen LogP contribution in [0.15, 0.2) is 35.1 Å². The summed E-state index contributed by atoms with van der Waals surface area (Å²) in [5, 5.41) is 12.3. The van der Waals surface area contributed by atoms with Crippen molar-refractivity contribution in [3.63, 3.8) is 0 Å². The molecule has 1 amide bonds. The van der Waals surface area contributed by atoms with Crippen LogP contribution in [0.4, 0.5) is 0 Å². The Morgan fingerprint density at radius 1 is 1.27 bits per heavy atom. The zero-order chi connectivity index (χ0) is 18.5. The lowest BCUT2D eigenvalue weighted by Crippen LogP contribution is -2.39. The number of aliphatic hydroxyl groups excluding tert-OH is 1. The summed E-state index contributed by atoms with van der Waals surface area (Å²) in [6.07, 6.45) is 4.49. The standard InChI is InChI=1S/C20H25N3O3/c1-14-17(11-12-24)20(26)23(13-18(25)22-16-9-5-6-10-16)19(21-14)15-7-3-2-4-8-15/h2-4,7-8,16,24H,5-6,9-13H2,1H3,(H,22,25). The molecule has 6 nitrogen and oxygen atoms in total. The Labute approximate surface area is 152 Å². The number of rotatable bonds is 6. The number of aromatic nitrogens is 2. The highest BCUT2D eigenvalue weighted by Crippen LogP contribution is 2.19. The van der Waals surface area contributed by atoms with E-state index in [9.17, 15) is 14.7 Å². The lowest BCUT2D eigenvalue weighted by atomic mass is 10.1. The molecule has 0 saturated heterocycles. The van der Waals surface area contributed by atoms with Crippen molar-refractivity contribution < 1.29 is 9.90 Å². The van der Waals surface area contributed by atoms with Gasteiger partial charge in [-0.2, -0.15) is 0 Å². The molecule has 26 heavy (non-hydrogen) atoms. The molecule has 0 aliphatic heterocycles. The summed E-state index contributed by atoms with van der Waals surface area (Å²) < 4.78 is 1.43. The Bertz CT molecular complexity index is 824. The van der Waals surface area contributed by atoms with Crippen molar-refractivity contribution in [1.29, 1.82) is 0 Å². The average Bonchev–Trinajstić information content (AvgIpc) is 3.14. The van der Waals surface area contributed by atoms with Crippen LogP contribution in [0.3, 0.4) is 0 Å². The number of amides is 1. The number of aliphatic hydroxyl groups is 1. The molecule has 1 aromatic heterocycles. The fourth-order valence-corrected chi connectivity index (χ4v) is 3.54. The first-order valence-corrected chi connectivity index (χ1v) is 9.16. The van der Waals surface area contributed by atoms with Gasteiger partial charge in [0.2, 0.25) is 5.91 Å². The van der Waals surface area contributed by atoms with Crippen molar-refractivity contribution in [1.82, 2.24) is 14.9 Å². The van der Waals surface area contributed by atoms with Crippen molar-refractivity contribution in [2.45, 2.75) is 51.6 Å². The normalized spacial score (nSPS) is 14.5. The molecular weight excluding hydrogens is 330 g/mol. The van der Waals surface area contributed by atoms with Gasteiger partial charge >= 0.3 is 0 Å². The number of hydrogen-bond acceptors (Lipinski definition) is 4. The van der Waals surface area contributed by atoms with Gasteiger partial charge in [-0.3, -0.25) is 14.2 Å². The Kier molecular flexibility index (Phi) is 5.83. The average molecular weight is 355 g/mol. The number of nitrogens with one attached hydrogen (secondary N) is 1. The molecule has 1 aromatic carbocycles. The van der Waals surface area contributed by atoms with Crippen LogP contribution >= 0.6 is 0 Å². The fourth-order valence-electron chi connectivity index (χ4n) is 3.54. The zero-order valence-corrected chi connectivity index (χ0v) is 15.1. The molecule has 0 unspecified atom stereocenters. The predicted octanol–water partition coefficient (Wildman–Crippen LogP) is 1.81. The van der Waals surface area contributed by atoms with Crippen LogP contribution in [0.25, 0.3) is 11.4 Å². The second-order valence-corrected chi connectivity index (χ2v) is 6.78. The highest BCUT2D eigenvalue weighted by molar-refractivity contribution is 5.77. The van der Waals surface area contributed by atoms with Gasteiger partial charge in [0.25, 0.3) is 5.56 Å². The van der Waals surface area contributed by atoms with Crippen molar-refractivity contribution in [3.8, 4) is 11.4 Å². The zero-order valence-electron chi connectivity index (χ0n) is 15.1. The third-order valence-corrected chi connectivity index (χ3v) is 4.89. The Morgan fingerprint density at radius 3 is 2.62 bits per heavy atom. The van der Waals surface area contributed by atoms with Crippen LogP contribution in [0.1, 0.15) is 36.9 Å². The largest absolute Gasteiger partial charge is 0.396 e. The molecule has 3 rings (SSSR count). The third-order valence-electron chi connectivity index (χ3n) is 4.89. The Hall–Kier alpha value is -2.47. The van der Waals surface area contributed by atoms with Gasteiger partial charge in [-0.1, -0.05) is 43.2 Å². The van der Waals surface area contributed by atoms with E-state index < -0.39 is 0 Å². The first-order valence-electron chi connectivity index (χ1n) is 9.16. The van der Waals surface area contributed by atoms with E-state index in [0.717, 1.165) is 31.2 Å². The number of hydrogen-bond donors (Lipinski definition) is 2. The Morgan fingerprint density at radius 2 is 1.96 bits per heavy atom. The van der Waals surface area contributed by atoms with Crippen molar-refractivity contribution in [3.05, 3.63) is 51.9 Å². The number of carbonyl (C=O) groups is 1. The molecule has 2 N–H and O–H groups in total. The summed E-state index contributed by atoms with van der Waals surface area (Å²) in [5.41, 5.74) is 1.58. The molecule has 1 heterocycles. The van der Waals surface area contributed by atoms with Crippen LogP contribution in [0, 0.1) is 6.92 Å². The van der Waals surface area contributed by atoms with Crippen LogP contribution in [-0.4, -0.2) is 33.2 Å². The maximum Gasteiger partial charge on any atom is 0.257 e. The molecule has 0 atom stereocenters. The van der Waals surface area contributed by atoms with Crippen LogP contribution < -0.4 is 10.9 Å². The third kappa shape index (κ3) is 4.02. The second-order valence-electron chi connectivity index (χ2n) is 6.78. The summed E-state index contributed by atoms with van der Waals surface area (Å²) in [5.74, 6) is 0.313. The first-order chi connectivity index (χ1) is 12.6. The van der Waals surface area contributed by atoms with Gasteiger partial charge in [0.15, 0.2) is 0 Å². The van der Waals surface area contributed by atoms with Gasteiger partial charge in [0.1, 0.15) is 12.4 Å². The summed E-state index contributed by atoms with van der Waals surface area (Å²) in [6.45, 7) is 1.57. The topological polar surface area (TPSA) is 84.2 Å². The molecule has 0 bridgehead atoms. The quantitative estimate of drug-likeness (QED) is 0.828. The molecule has 0 spiro atoms. The number of benzene rings is 1. The summed E-state index contributed by atoms with van der Waals surface area (Å²) in [4.78, 5) is 30.1. The smallest absolute Gasteiger partial charge is 0.257 e. The summed E-state index contributed by atoms with van der Waals surface area (Å²) in [6, 6.07) is 9.60. The minimum absolute atomic E-state index is 0.0642. The van der Waals surface area contributed by atoms with Crippen LogP contribution in [-0.2, 0) is 17.8 Å². The molecule has 2 aromatic rings. The minimum Gasteiger partial charge on any atom is -0.396 e. The molecular formula is C20H25N3O3. The SMILES string of the molecule is Cc1nc(-c2ccccc2)n(CC(=O)NC2CCCC2)c(=O)c1CCO. The highest BCUT2D eigenvalue weighted by atomic mass is 16.3. The van der Waals surface area contributed by atoms with Gasteiger partial charge in [-0.25, -0.2) is 4.98 Å². The molecule has 1 aliphatic rings. The maximum absolute atomic E-state index is 13.0. The van der Waals surface area contributed by atoms with E-state index in [2.05, 4.69) is 10.3 Å². The van der Waals surface area contributed by atoms with Gasteiger partial charge in [-0.15, -0.1) is 0 Å². The van der Waals surface area contributed by atoms with E-state index in [1.807, 2.05) is 30.3 Å². The van der Waals surface area contributed by atoms with Crippen molar-refractivity contribution in [2.24, 2.45) is 0 Å². The Balaban J connectivity index is 1.98. The molecule has 138 valence electrons. The molecule has 6 heteroatoms. The summed E-state index contributed by atoms with van der Waals surface area (Å²) >= 11 is 0. The second kappa shape index (κ2) is 8.27. The van der Waals surface area contributed by atoms with E-state index in [1.54, 1.807) is 6.92 Å². The molecule has 1 aliphatic carbocycles. The van der Waals surface area contributed by atoms with Gasteiger partial charge < -0.3 is 10.4 Å². The van der Waals surface area contributed by atoms with E-state index in [0.29, 0.717) is 17.1 Å². The summed E-state index contributed by atoms with van der Waals surface area (Å²) in [7, 11) is 0. The molecule has 1 saturated carbocycles. The van der Waals surface area contributed by atoms with Gasteiger partial charge in [0, 0.05) is 35.9 Å². The molecule has 1 fully saturated rings. The van der Waals surface area contributed by atoms with Gasteiger partial charge in [0.05, 0.1) is 0 Å². The minimum atomic E-state index is -0.257. The van der Waals surface area contributed by atoms with E-state index in [-0.39, 0.29) is 37.1 Å². The van der Waals surface area contributed by atoms with Crippen LogP contribution in [0.2, 0.25) is 0 Å². The van der Waals surface area contributed by atoms with E-state index >= 15 is 0 Å². The molecule has 0 radical (unpaired) electrons. The monoisotopic (exact) mass is 355 g/mol. The number of nitrogens with zero attached hydrogens (tertiary/aromatic N) is 2.